The van der Waals surface area contributed by atoms with Gasteiger partial charge in [-0.15, -0.1) is 0 Å². The summed E-state index contributed by atoms with van der Waals surface area (Å²) in [6.07, 6.45) is 0. The van der Waals surface area contributed by atoms with Crippen LogP contribution in [0, 0.1) is 0 Å². The lowest BCUT2D eigenvalue weighted by Crippen LogP contribution is -2.78. The first kappa shape index (κ1) is 17.8. The van der Waals surface area contributed by atoms with Crippen molar-refractivity contribution in [3.8, 4) is 0 Å². The van der Waals surface area contributed by atoms with E-state index in [1.807, 2.05) is 60.7 Å². The van der Waals surface area contributed by atoms with Gasteiger partial charge in [-0.3, -0.25) is 9.98 Å². The molecule has 0 atom stereocenters. The van der Waals surface area contributed by atoms with Crippen LogP contribution < -0.4 is 15.3 Å². The molecular weight excluding hydrogens is 377 g/mol. The number of benzene rings is 3. The Morgan fingerprint density at radius 2 is 1.00 bits per heavy atom. The zero-order valence-corrected chi connectivity index (χ0v) is 16.1. The standard InChI is InChI=1S/C22H17Cl2N3/c23-17-9-5-15(6-10-17)13-25-21-19-3-1-2-4-20(19)22(27-21)26-14-16-7-11-18(24)12-8-16/h1-12H,13-14H2,(H,25,26,27)/p+2. The largest absolute Gasteiger partial charge is 0.284 e. The van der Waals surface area contributed by atoms with E-state index < -0.39 is 0 Å². The molecule has 3 aromatic rings. The van der Waals surface area contributed by atoms with Crippen LogP contribution in [0.1, 0.15) is 22.3 Å². The van der Waals surface area contributed by atoms with E-state index in [0.717, 1.165) is 45.9 Å². The zero-order valence-electron chi connectivity index (χ0n) is 14.6. The molecule has 1 heterocycles. The van der Waals surface area contributed by atoms with E-state index in [4.69, 9.17) is 23.2 Å². The van der Waals surface area contributed by atoms with Crippen molar-refractivity contribution < 1.29 is 9.98 Å². The van der Waals surface area contributed by atoms with Crippen molar-refractivity contribution in [2.75, 3.05) is 0 Å². The summed E-state index contributed by atoms with van der Waals surface area (Å²) in [4.78, 5) is 6.99. The summed E-state index contributed by atoms with van der Waals surface area (Å²) >= 11 is 11.9. The maximum atomic E-state index is 5.96. The van der Waals surface area contributed by atoms with Gasteiger partial charge >= 0.3 is 0 Å². The minimum atomic E-state index is 0.721. The van der Waals surface area contributed by atoms with Crippen molar-refractivity contribution >= 4 is 34.9 Å². The Morgan fingerprint density at radius 3 is 1.41 bits per heavy atom. The second-order valence-corrected chi connectivity index (χ2v) is 7.25. The van der Waals surface area contributed by atoms with E-state index in [-0.39, 0.29) is 0 Å². The van der Waals surface area contributed by atoms with Crippen LogP contribution in [0.25, 0.3) is 0 Å². The Labute approximate surface area is 168 Å². The first-order chi connectivity index (χ1) is 13.2. The average molecular weight is 396 g/mol. The molecule has 0 unspecified atom stereocenters. The number of hydrogen-bond donors (Lipinski definition) is 3. The van der Waals surface area contributed by atoms with E-state index in [2.05, 4.69) is 27.4 Å². The Balaban J connectivity index is 1.56. The third-order valence-corrected chi connectivity index (χ3v) is 4.98. The Kier molecular flexibility index (Phi) is 5.23. The maximum absolute atomic E-state index is 5.96. The topological polar surface area (TPSA) is 40.0 Å². The molecule has 4 rings (SSSR count). The second-order valence-electron chi connectivity index (χ2n) is 6.38. The zero-order chi connectivity index (χ0) is 18.6. The Bertz CT molecular complexity index is 924. The molecular formula is C22H19Cl2N3+2. The fourth-order valence-electron chi connectivity index (χ4n) is 3.04. The molecule has 0 amide bonds. The lowest BCUT2D eigenvalue weighted by atomic mass is 10.1. The lowest BCUT2D eigenvalue weighted by Gasteiger charge is -1.97. The van der Waals surface area contributed by atoms with Crippen molar-refractivity contribution in [2.45, 2.75) is 13.1 Å². The molecule has 0 aliphatic carbocycles. The smallest absolute Gasteiger partial charge is 0.270 e. The van der Waals surface area contributed by atoms with Gasteiger partial charge in [0.2, 0.25) is 0 Å². The normalized spacial score (nSPS) is 15.8. The SMILES string of the molecule is Clc1ccc(C[NH+]=C2NC(=[NH+]Cc3ccc(Cl)cc3)c3ccccc32)cc1. The van der Waals surface area contributed by atoms with Gasteiger partial charge < -0.3 is 0 Å². The highest BCUT2D eigenvalue weighted by Gasteiger charge is 2.30. The highest BCUT2D eigenvalue weighted by Crippen LogP contribution is 2.12. The maximum Gasteiger partial charge on any atom is 0.284 e. The van der Waals surface area contributed by atoms with Crippen LogP contribution >= 0.6 is 23.2 Å². The first-order valence-electron chi connectivity index (χ1n) is 8.76. The molecule has 3 nitrogen and oxygen atoms in total. The molecule has 134 valence electrons. The predicted molar refractivity (Wildman–Crippen MR) is 110 cm³/mol. The number of nitrogens with one attached hydrogen (secondary N) is 3. The first-order valence-corrected chi connectivity index (χ1v) is 9.52. The molecule has 1 aliphatic heterocycles. The molecule has 0 bridgehead atoms. The van der Waals surface area contributed by atoms with Crippen molar-refractivity contribution in [3.05, 3.63) is 105 Å². The average Bonchev–Trinajstić information content (AvgIpc) is 3.05. The van der Waals surface area contributed by atoms with Crippen LogP contribution in [0.4, 0.5) is 0 Å². The number of amidine groups is 2. The summed E-state index contributed by atoms with van der Waals surface area (Å²) in [6, 6.07) is 24.1. The molecule has 27 heavy (non-hydrogen) atoms. The van der Waals surface area contributed by atoms with E-state index in [1.165, 1.54) is 11.1 Å². The van der Waals surface area contributed by atoms with Gasteiger partial charge in [-0.2, -0.15) is 0 Å². The molecule has 0 aromatic heterocycles. The summed E-state index contributed by atoms with van der Waals surface area (Å²) in [6.45, 7) is 1.44. The Morgan fingerprint density at radius 1 is 0.593 bits per heavy atom. The van der Waals surface area contributed by atoms with Gasteiger partial charge in [-0.05, 0) is 47.5 Å². The van der Waals surface area contributed by atoms with E-state index >= 15 is 0 Å². The third-order valence-electron chi connectivity index (χ3n) is 4.48. The van der Waals surface area contributed by atoms with Crippen LogP contribution in [0.5, 0.6) is 0 Å². The molecule has 1 aliphatic rings. The molecule has 5 heteroatoms. The van der Waals surface area contributed by atoms with Crippen LogP contribution in [-0.4, -0.2) is 11.7 Å². The highest BCUT2D eigenvalue weighted by atomic mass is 35.5. The second kappa shape index (κ2) is 7.95. The monoisotopic (exact) mass is 395 g/mol. The van der Waals surface area contributed by atoms with E-state index in [1.54, 1.807) is 0 Å². The van der Waals surface area contributed by atoms with E-state index in [0.29, 0.717) is 0 Å². The quantitative estimate of drug-likeness (QED) is 0.617. The minimum Gasteiger partial charge on any atom is -0.270 e. The summed E-state index contributed by atoms with van der Waals surface area (Å²) in [5, 5.41) is 4.97. The summed E-state index contributed by atoms with van der Waals surface area (Å²) in [7, 11) is 0. The summed E-state index contributed by atoms with van der Waals surface area (Å²) in [5.41, 5.74) is 4.66. The number of fused-ring (bicyclic) bond motifs is 1. The summed E-state index contributed by atoms with van der Waals surface area (Å²) < 4.78 is 0. The molecule has 0 fully saturated rings. The number of hydrogen-bond acceptors (Lipinski definition) is 0. The van der Waals surface area contributed by atoms with E-state index in [9.17, 15) is 0 Å². The van der Waals surface area contributed by atoms with Crippen LogP contribution in [-0.2, 0) is 13.1 Å². The fourth-order valence-corrected chi connectivity index (χ4v) is 3.30. The van der Waals surface area contributed by atoms with Gasteiger partial charge in [0.05, 0.1) is 11.1 Å². The van der Waals surface area contributed by atoms with Crippen LogP contribution in [0.15, 0.2) is 72.8 Å². The van der Waals surface area contributed by atoms with Gasteiger partial charge in [0.1, 0.15) is 13.1 Å². The van der Waals surface area contributed by atoms with Crippen LogP contribution in [0.2, 0.25) is 10.0 Å². The van der Waals surface area contributed by atoms with Crippen molar-refractivity contribution in [3.63, 3.8) is 0 Å². The fraction of sp³-hybridized carbons (Fsp3) is 0.0909. The minimum absolute atomic E-state index is 0.721. The highest BCUT2D eigenvalue weighted by molar-refractivity contribution is 6.30. The number of halogens is 2. The van der Waals surface area contributed by atoms with Gasteiger partial charge in [-0.1, -0.05) is 59.6 Å². The van der Waals surface area contributed by atoms with Crippen molar-refractivity contribution in [1.82, 2.24) is 5.32 Å². The Hall–Kier alpha value is -2.62. The molecule has 0 saturated heterocycles. The molecule has 0 radical (unpaired) electrons. The van der Waals surface area contributed by atoms with Crippen molar-refractivity contribution in [1.29, 1.82) is 0 Å². The molecule has 0 saturated carbocycles. The van der Waals surface area contributed by atoms with Gasteiger partial charge in [-0.25, -0.2) is 5.32 Å². The van der Waals surface area contributed by atoms with Gasteiger partial charge in [0.25, 0.3) is 11.7 Å². The molecule has 3 N–H and O–H groups in total. The summed E-state index contributed by atoms with van der Waals surface area (Å²) in [5.74, 6) is 2.00. The van der Waals surface area contributed by atoms with Crippen molar-refractivity contribution in [2.24, 2.45) is 0 Å². The molecule has 3 aromatic carbocycles. The van der Waals surface area contributed by atoms with Gasteiger partial charge in [0.15, 0.2) is 0 Å². The van der Waals surface area contributed by atoms with Gasteiger partial charge in [0, 0.05) is 10.0 Å². The van der Waals surface area contributed by atoms with Crippen LogP contribution in [0.3, 0.4) is 0 Å². The molecule has 0 spiro atoms. The number of rotatable bonds is 4. The predicted octanol–water partition coefficient (Wildman–Crippen LogP) is 1.65. The third kappa shape index (κ3) is 4.21. The lowest BCUT2D eigenvalue weighted by molar-refractivity contribution is -0.481.